The second-order valence-electron chi connectivity index (χ2n) is 3.65. The number of ether oxygens (including phenoxy) is 1. The zero-order valence-electron chi connectivity index (χ0n) is 8.92. The van der Waals surface area contributed by atoms with Crippen LogP contribution in [-0.4, -0.2) is 58.6 Å². The van der Waals surface area contributed by atoms with Crippen LogP contribution in [0.15, 0.2) is 0 Å². The van der Waals surface area contributed by atoms with Crippen LogP contribution in [0.1, 0.15) is 0 Å². The van der Waals surface area contributed by atoms with Crippen molar-refractivity contribution >= 4 is 37.4 Å². The monoisotopic (exact) mass is 305 g/mol. The van der Waals surface area contributed by atoms with Gasteiger partial charge in [-0.25, -0.2) is 21.6 Å². The van der Waals surface area contributed by atoms with E-state index in [9.17, 15) is 21.6 Å². The summed E-state index contributed by atoms with van der Waals surface area (Å²) in [5.74, 6) is -2.42. The normalized spacial score (nSPS) is 27.9. The molecule has 2 atom stereocenters. The molecule has 10 heteroatoms. The number of hydrogen-bond donors (Lipinski definition) is 1. The van der Waals surface area contributed by atoms with E-state index in [0.717, 1.165) is 7.11 Å². The second-order valence-corrected chi connectivity index (χ2v) is 8.12. The van der Waals surface area contributed by atoms with Crippen LogP contribution in [-0.2, 0) is 29.4 Å². The Hall–Kier alpha value is -0.380. The average molecular weight is 306 g/mol. The highest BCUT2D eigenvalue weighted by atomic mass is 35.5. The molecule has 0 aromatic heterocycles. The standard InChI is InChI=1S/C7H12ClNO6S2/c1-15-7(10)4-17(13,14)9-6-3-16(11,12)2-5(6)8/h5-6,9H,2-4H2,1H3. The second kappa shape index (κ2) is 5.09. The van der Waals surface area contributed by atoms with Crippen LogP contribution in [0, 0.1) is 0 Å². The van der Waals surface area contributed by atoms with E-state index in [1.54, 1.807) is 0 Å². The number of hydrogen-bond acceptors (Lipinski definition) is 6. The highest BCUT2D eigenvalue weighted by Gasteiger charge is 2.38. The molecule has 1 rings (SSSR count). The fraction of sp³-hybridized carbons (Fsp3) is 0.857. The van der Waals surface area contributed by atoms with Gasteiger partial charge in [-0.15, -0.1) is 11.6 Å². The fourth-order valence-corrected chi connectivity index (χ4v) is 5.35. The largest absolute Gasteiger partial charge is 0.468 e. The molecule has 0 radical (unpaired) electrons. The number of sulfonamides is 1. The third-order valence-electron chi connectivity index (χ3n) is 2.15. The first-order chi connectivity index (χ1) is 7.65. The van der Waals surface area contributed by atoms with E-state index in [4.69, 9.17) is 11.6 Å². The smallest absolute Gasteiger partial charge is 0.322 e. The van der Waals surface area contributed by atoms with E-state index in [2.05, 4.69) is 9.46 Å². The van der Waals surface area contributed by atoms with Gasteiger partial charge in [-0.05, 0) is 0 Å². The van der Waals surface area contributed by atoms with Crippen LogP contribution in [0.4, 0.5) is 0 Å². The van der Waals surface area contributed by atoms with Gasteiger partial charge in [0.2, 0.25) is 10.0 Å². The van der Waals surface area contributed by atoms with E-state index in [1.807, 2.05) is 0 Å². The highest BCUT2D eigenvalue weighted by molar-refractivity contribution is 7.92. The Kier molecular flexibility index (Phi) is 4.39. The summed E-state index contributed by atoms with van der Waals surface area (Å²) in [7, 11) is -6.20. The SMILES string of the molecule is COC(=O)CS(=O)(=O)NC1CS(=O)(=O)CC1Cl. The molecule has 1 saturated heterocycles. The van der Waals surface area contributed by atoms with Gasteiger partial charge in [-0.3, -0.25) is 4.79 Å². The van der Waals surface area contributed by atoms with E-state index < -0.39 is 43.0 Å². The number of rotatable bonds is 4. The molecule has 0 bridgehead atoms. The predicted octanol–water partition coefficient (Wildman–Crippen LogP) is -1.52. The van der Waals surface area contributed by atoms with Crippen molar-refractivity contribution in [3.8, 4) is 0 Å². The quantitative estimate of drug-likeness (QED) is 0.499. The van der Waals surface area contributed by atoms with Gasteiger partial charge in [0.25, 0.3) is 0 Å². The molecule has 0 aromatic carbocycles. The van der Waals surface area contributed by atoms with Crippen molar-refractivity contribution < 1.29 is 26.4 Å². The molecular weight excluding hydrogens is 294 g/mol. The van der Waals surface area contributed by atoms with Gasteiger partial charge in [-0.2, -0.15) is 0 Å². The Morgan fingerprint density at radius 1 is 1.47 bits per heavy atom. The van der Waals surface area contributed by atoms with Crippen molar-refractivity contribution in [1.82, 2.24) is 4.72 Å². The lowest BCUT2D eigenvalue weighted by molar-refractivity contribution is -0.137. The van der Waals surface area contributed by atoms with Crippen LogP contribution in [0.25, 0.3) is 0 Å². The van der Waals surface area contributed by atoms with Crippen molar-refractivity contribution in [2.75, 3.05) is 24.4 Å². The zero-order chi connectivity index (χ0) is 13.3. The lowest BCUT2D eigenvalue weighted by Crippen LogP contribution is -2.43. The lowest BCUT2D eigenvalue weighted by atomic mass is 10.3. The topological polar surface area (TPSA) is 107 Å². The average Bonchev–Trinajstić information content (AvgIpc) is 2.37. The molecule has 0 saturated carbocycles. The minimum atomic E-state index is -3.93. The van der Waals surface area contributed by atoms with Gasteiger partial charge < -0.3 is 4.74 Å². The van der Waals surface area contributed by atoms with Crippen molar-refractivity contribution in [2.24, 2.45) is 0 Å². The minimum Gasteiger partial charge on any atom is -0.468 e. The molecule has 1 heterocycles. The third-order valence-corrected chi connectivity index (χ3v) is 5.80. The Morgan fingerprint density at radius 3 is 2.47 bits per heavy atom. The molecule has 0 spiro atoms. The van der Waals surface area contributed by atoms with Gasteiger partial charge in [0, 0.05) is 0 Å². The zero-order valence-corrected chi connectivity index (χ0v) is 11.3. The van der Waals surface area contributed by atoms with E-state index in [-0.39, 0.29) is 11.5 Å². The first-order valence-corrected chi connectivity index (χ1v) is 8.47. The van der Waals surface area contributed by atoms with Gasteiger partial charge in [-0.1, -0.05) is 0 Å². The van der Waals surface area contributed by atoms with E-state index in [0.29, 0.717) is 0 Å². The molecule has 2 unspecified atom stereocenters. The maximum Gasteiger partial charge on any atom is 0.322 e. The number of halogens is 1. The maximum atomic E-state index is 11.4. The summed E-state index contributed by atoms with van der Waals surface area (Å²) in [5.41, 5.74) is 0. The Morgan fingerprint density at radius 2 is 2.06 bits per heavy atom. The molecule has 17 heavy (non-hydrogen) atoms. The molecular formula is C7H12ClNO6S2. The van der Waals surface area contributed by atoms with Crippen LogP contribution < -0.4 is 4.72 Å². The highest BCUT2D eigenvalue weighted by Crippen LogP contribution is 2.18. The summed E-state index contributed by atoms with van der Waals surface area (Å²) in [6, 6.07) is -0.906. The van der Waals surface area contributed by atoms with Gasteiger partial charge in [0.1, 0.15) is 0 Å². The molecule has 0 aliphatic carbocycles. The van der Waals surface area contributed by atoms with Crippen molar-refractivity contribution in [1.29, 1.82) is 0 Å². The van der Waals surface area contributed by atoms with E-state index in [1.165, 1.54) is 0 Å². The molecule has 0 amide bonds. The summed E-state index contributed by atoms with van der Waals surface area (Å²) in [6.07, 6.45) is 0. The number of sulfone groups is 1. The van der Waals surface area contributed by atoms with Crippen molar-refractivity contribution in [2.45, 2.75) is 11.4 Å². The summed E-state index contributed by atoms with van der Waals surface area (Å²) < 4.78 is 51.6. The molecule has 1 aliphatic heterocycles. The number of alkyl halides is 1. The number of esters is 1. The number of carbonyl (C=O) groups is 1. The van der Waals surface area contributed by atoms with Crippen molar-refractivity contribution in [3.05, 3.63) is 0 Å². The van der Waals surface area contributed by atoms with Gasteiger partial charge >= 0.3 is 5.97 Å². The lowest BCUT2D eigenvalue weighted by Gasteiger charge is -2.13. The number of methoxy groups -OCH3 is 1. The molecule has 100 valence electrons. The Labute approximate surface area is 104 Å². The molecule has 1 aliphatic rings. The van der Waals surface area contributed by atoms with Crippen LogP contribution in [0.2, 0.25) is 0 Å². The molecule has 1 fully saturated rings. The summed E-state index contributed by atoms with van der Waals surface area (Å²) in [4.78, 5) is 10.8. The van der Waals surface area contributed by atoms with Gasteiger partial charge in [0.05, 0.1) is 30.0 Å². The number of carbonyl (C=O) groups excluding carboxylic acids is 1. The first kappa shape index (κ1) is 14.7. The maximum absolute atomic E-state index is 11.4. The van der Waals surface area contributed by atoms with Gasteiger partial charge in [0.15, 0.2) is 15.6 Å². The summed E-state index contributed by atoms with van der Waals surface area (Å²) >= 11 is 5.72. The predicted molar refractivity (Wildman–Crippen MR) is 61.0 cm³/mol. The summed E-state index contributed by atoms with van der Waals surface area (Å²) in [6.45, 7) is 0. The number of nitrogens with one attached hydrogen (secondary N) is 1. The van der Waals surface area contributed by atoms with Crippen LogP contribution in [0.3, 0.4) is 0 Å². The van der Waals surface area contributed by atoms with Crippen LogP contribution >= 0.6 is 11.6 Å². The Balaban J connectivity index is 2.69. The Bertz CT molecular complexity index is 498. The van der Waals surface area contributed by atoms with Crippen molar-refractivity contribution in [3.63, 3.8) is 0 Å². The molecule has 0 aromatic rings. The molecule has 1 N–H and O–H groups in total. The van der Waals surface area contributed by atoms with Crippen LogP contribution in [0.5, 0.6) is 0 Å². The fourth-order valence-electron chi connectivity index (χ4n) is 1.40. The molecule has 7 nitrogen and oxygen atoms in total. The third kappa shape index (κ3) is 4.41. The van der Waals surface area contributed by atoms with E-state index >= 15 is 0 Å². The minimum absolute atomic E-state index is 0.278. The first-order valence-electron chi connectivity index (χ1n) is 4.56. The summed E-state index contributed by atoms with van der Waals surface area (Å²) in [5, 5.41) is -0.826.